The van der Waals surface area contributed by atoms with Crippen LogP contribution in [0, 0.1) is 0 Å². The number of nitrogens with zero attached hydrogens (tertiary/aromatic N) is 4. The lowest BCUT2D eigenvalue weighted by atomic mass is 10.2. The summed E-state index contributed by atoms with van der Waals surface area (Å²) in [5, 5.41) is 11.1. The van der Waals surface area contributed by atoms with Crippen LogP contribution in [0.1, 0.15) is 38.3 Å². The highest BCUT2D eigenvalue weighted by molar-refractivity contribution is 6.03. The van der Waals surface area contributed by atoms with E-state index < -0.39 is 6.10 Å². The maximum atomic E-state index is 12.4. The first-order chi connectivity index (χ1) is 12.4. The van der Waals surface area contributed by atoms with E-state index in [4.69, 9.17) is 4.74 Å². The molecule has 1 aliphatic heterocycles. The summed E-state index contributed by atoms with van der Waals surface area (Å²) in [5.41, 5.74) is 0.603. The van der Waals surface area contributed by atoms with Crippen molar-refractivity contribution in [3.8, 4) is 5.75 Å². The summed E-state index contributed by atoms with van der Waals surface area (Å²) < 4.78 is 7.46. The maximum Gasteiger partial charge on any atom is 0.268 e. The second kappa shape index (κ2) is 7.15. The molecule has 26 heavy (non-hydrogen) atoms. The van der Waals surface area contributed by atoms with Crippen molar-refractivity contribution < 1.29 is 14.3 Å². The molecule has 2 aromatic rings. The van der Waals surface area contributed by atoms with Crippen molar-refractivity contribution in [3.63, 3.8) is 0 Å². The number of amides is 2. The van der Waals surface area contributed by atoms with E-state index in [2.05, 4.69) is 15.5 Å². The molecule has 1 aromatic heterocycles. The van der Waals surface area contributed by atoms with Crippen LogP contribution in [0.25, 0.3) is 0 Å². The molecule has 0 fully saturated rings. The molecule has 0 bridgehead atoms. The number of anilines is 1. The Morgan fingerprint density at radius 1 is 1.31 bits per heavy atom. The lowest BCUT2D eigenvalue weighted by Gasteiger charge is -2.32. The Labute approximate surface area is 152 Å². The standard InChI is InChI=1S/C18H23N5O3/c1-11(2)17-21-20-15(22(17)4)9-19-16(24)10-23-13-7-5-6-8-14(13)26-12(3)18(23)25/h5-8,11-12H,9-10H2,1-4H3,(H,19,24)/t12-/m1/s1. The molecule has 1 N–H and O–H groups in total. The van der Waals surface area contributed by atoms with Gasteiger partial charge in [0.25, 0.3) is 5.91 Å². The van der Waals surface area contributed by atoms with Crippen molar-refractivity contribution in [3.05, 3.63) is 35.9 Å². The van der Waals surface area contributed by atoms with Crippen molar-refractivity contribution in [2.24, 2.45) is 7.05 Å². The lowest BCUT2D eigenvalue weighted by molar-refractivity contribution is -0.128. The van der Waals surface area contributed by atoms with Crippen molar-refractivity contribution in [1.82, 2.24) is 20.1 Å². The zero-order valence-corrected chi connectivity index (χ0v) is 15.4. The molecule has 138 valence electrons. The third-order valence-electron chi connectivity index (χ3n) is 4.33. The Morgan fingerprint density at radius 2 is 2.04 bits per heavy atom. The number of ether oxygens (including phenoxy) is 1. The van der Waals surface area contributed by atoms with E-state index in [1.165, 1.54) is 4.90 Å². The number of nitrogens with one attached hydrogen (secondary N) is 1. The van der Waals surface area contributed by atoms with Crippen LogP contribution < -0.4 is 15.0 Å². The largest absolute Gasteiger partial charge is 0.479 e. The van der Waals surface area contributed by atoms with Crippen molar-refractivity contribution >= 4 is 17.5 Å². The first-order valence-electron chi connectivity index (χ1n) is 8.60. The highest BCUT2D eigenvalue weighted by Gasteiger charge is 2.32. The highest BCUT2D eigenvalue weighted by atomic mass is 16.5. The van der Waals surface area contributed by atoms with Gasteiger partial charge in [-0.05, 0) is 19.1 Å². The lowest BCUT2D eigenvalue weighted by Crippen LogP contribution is -2.48. The molecule has 8 nitrogen and oxygen atoms in total. The maximum absolute atomic E-state index is 12.4. The minimum atomic E-state index is -0.620. The van der Waals surface area contributed by atoms with Crippen LogP contribution in [0.4, 0.5) is 5.69 Å². The molecule has 1 aliphatic rings. The van der Waals surface area contributed by atoms with Gasteiger partial charge in [0.15, 0.2) is 11.9 Å². The van der Waals surface area contributed by atoms with Gasteiger partial charge >= 0.3 is 0 Å². The molecule has 1 aromatic carbocycles. The normalized spacial score (nSPS) is 16.4. The fourth-order valence-corrected chi connectivity index (χ4v) is 2.93. The summed E-state index contributed by atoms with van der Waals surface area (Å²) in [5.74, 6) is 1.88. The van der Waals surface area contributed by atoms with Gasteiger partial charge in [0.05, 0.1) is 12.2 Å². The van der Waals surface area contributed by atoms with Gasteiger partial charge in [-0.1, -0.05) is 26.0 Å². The van der Waals surface area contributed by atoms with E-state index in [0.717, 1.165) is 5.82 Å². The van der Waals surface area contributed by atoms with E-state index in [1.807, 2.05) is 37.6 Å². The fraction of sp³-hybridized carbons (Fsp3) is 0.444. The van der Waals surface area contributed by atoms with Gasteiger partial charge in [0, 0.05) is 13.0 Å². The Morgan fingerprint density at radius 3 is 2.73 bits per heavy atom. The van der Waals surface area contributed by atoms with Gasteiger partial charge in [0.1, 0.15) is 18.1 Å². The first kappa shape index (κ1) is 17.9. The number of carbonyl (C=O) groups excluding carboxylic acids is 2. The summed E-state index contributed by atoms with van der Waals surface area (Å²) in [6.07, 6.45) is -0.620. The molecule has 0 radical (unpaired) electrons. The number of para-hydroxylation sites is 2. The van der Waals surface area contributed by atoms with Crippen LogP contribution in [0.5, 0.6) is 5.75 Å². The molecule has 1 atom stereocenters. The van der Waals surface area contributed by atoms with Crippen LogP contribution in [0.3, 0.4) is 0 Å². The molecule has 2 amide bonds. The van der Waals surface area contributed by atoms with Crippen LogP contribution in [-0.2, 0) is 23.2 Å². The second-order valence-electron chi connectivity index (χ2n) is 6.62. The van der Waals surface area contributed by atoms with Crippen molar-refractivity contribution in [2.75, 3.05) is 11.4 Å². The number of rotatable bonds is 5. The molecule has 0 spiro atoms. The van der Waals surface area contributed by atoms with E-state index in [-0.39, 0.29) is 30.8 Å². The number of fused-ring (bicyclic) bond motifs is 1. The number of hydrogen-bond acceptors (Lipinski definition) is 5. The van der Waals surface area contributed by atoms with Gasteiger partial charge < -0.3 is 14.6 Å². The Kier molecular flexibility index (Phi) is 4.92. The highest BCUT2D eigenvalue weighted by Crippen LogP contribution is 2.33. The Hall–Kier alpha value is -2.90. The minimum absolute atomic E-state index is 0.0710. The Bertz CT molecular complexity index is 830. The van der Waals surface area contributed by atoms with E-state index in [1.54, 1.807) is 19.1 Å². The van der Waals surface area contributed by atoms with Crippen LogP contribution in [0.15, 0.2) is 24.3 Å². The number of hydrogen-bond donors (Lipinski definition) is 1. The van der Waals surface area contributed by atoms with Gasteiger partial charge in [0.2, 0.25) is 5.91 Å². The number of benzene rings is 1. The van der Waals surface area contributed by atoms with Crippen molar-refractivity contribution in [2.45, 2.75) is 39.3 Å². The topological polar surface area (TPSA) is 89.3 Å². The Balaban J connectivity index is 1.67. The molecule has 0 saturated carbocycles. The smallest absolute Gasteiger partial charge is 0.268 e. The molecular formula is C18H23N5O3. The predicted octanol–water partition coefficient (Wildman–Crippen LogP) is 1.37. The molecular weight excluding hydrogens is 334 g/mol. The summed E-state index contributed by atoms with van der Waals surface area (Å²) >= 11 is 0. The van der Waals surface area contributed by atoms with Crippen LogP contribution in [-0.4, -0.2) is 39.2 Å². The van der Waals surface area contributed by atoms with Crippen molar-refractivity contribution in [1.29, 1.82) is 0 Å². The van der Waals surface area contributed by atoms with Crippen LogP contribution >= 0.6 is 0 Å². The average Bonchev–Trinajstić information content (AvgIpc) is 2.98. The first-order valence-corrected chi connectivity index (χ1v) is 8.60. The fourth-order valence-electron chi connectivity index (χ4n) is 2.93. The molecule has 3 rings (SSSR count). The summed E-state index contributed by atoms with van der Waals surface area (Å²) in [6, 6.07) is 7.20. The van der Waals surface area contributed by atoms with E-state index in [0.29, 0.717) is 17.3 Å². The molecule has 8 heteroatoms. The SMILES string of the molecule is CC(C)c1nnc(CNC(=O)CN2C(=O)[C@@H](C)Oc3ccccc32)n1C. The molecule has 2 heterocycles. The van der Waals surface area contributed by atoms with Gasteiger partial charge in [-0.15, -0.1) is 10.2 Å². The van der Waals surface area contributed by atoms with E-state index >= 15 is 0 Å². The average molecular weight is 357 g/mol. The third kappa shape index (κ3) is 3.40. The third-order valence-corrected chi connectivity index (χ3v) is 4.33. The number of carbonyl (C=O) groups is 2. The summed E-state index contributed by atoms with van der Waals surface area (Å²) in [7, 11) is 1.88. The monoisotopic (exact) mass is 357 g/mol. The second-order valence-corrected chi connectivity index (χ2v) is 6.62. The van der Waals surface area contributed by atoms with E-state index in [9.17, 15) is 9.59 Å². The summed E-state index contributed by atoms with van der Waals surface area (Å²) in [4.78, 5) is 26.3. The summed E-state index contributed by atoms with van der Waals surface area (Å²) in [6.45, 7) is 5.93. The molecule has 0 aliphatic carbocycles. The van der Waals surface area contributed by atoms with Gasteiger partial charge in [-0.2, -0.15) is 0 Å². The predicted molar refractivity (Wildman–Crippen MR) is 95.8 cm³/mol. The quantitative estimate of drug-likeness (QED) is 0.873. The minimum Gasteiger partial charge on any atom is -0.479 e. The van der Waals surface area contributed by atoms with Gasteiger partial charge in [-0.3, -0.25) is 14.5 Å². The zero-order chi connectivity index (χ0) is 18.8. The zero-order valence-electron chi connectivity index (χ0n) is 15.4. The molecule has 0 saturated heterocycles. The van der Waals surface area contributed by atoms with Gasteiger partial charge in [-0.25, -0.2) is 0 Å². The molecule has 0 unspecified atom stereocenters. The van der Waals surface area contributed by atoms with Crippen LogP contribution in [0.2, 0.25) is 0 Å². The number of aromatic nitrogens is 3.